The van der Waals surface area contributed by atoms with E-state index < -0.39 is 0 Å². The molecule has 0 aliphatic heterocycles. The molecule has 0 saturated carbocycles. The standard InChI is InChI=1S/C18H20N4O3/c1-2-19-17(23)12-22-14-7-4-3-6-13(14)21-16(22)9-10-20-18(24)15-8-5-11-25-15/h3-8,11H,2,9-10,12H2,1H3,(H,19,23)(H,20,24). The molecule has 0 aliphatic carbocycles. The smallest absolute Gasteiger partial charge is 0.286 e. The first kappa shape index (κ1) is 16.8. The van der Waals surface area contributed by atoms with Gasteiger partial charge in [-0.1, -0.05) is 12.1 Å². The molecule has 7 nitrogen and oxygen atoms in total. The van der Waals surface area contributed by atoms with Crippen molar-refractivity contribution in [1.82, 2.24) is 20.2 Å². The van der Waals surface area contributed by atoms with Crippen LogP contribution in [0.2, 0.25) is 0 Å². The summed E-state index contributed by atoms with van der Waals surface area (Å²) in [6.07, 6.45) is 1.97. The molecule has 3 rings (SSSR count). The largest absolute Gasteiger partial charge is 0.459 e. The molecule has 2 heterocycles. The summed E-state index contributed by atoms with van der Waals surface area (Å²) in [4.78, 5) is 28.5. The molecule has 0 unspecified atom stereocenters. The van der Waals surface area contributed by atoms with Crippen LogP contribution >= 0.6 is 0 Å². The molecule has 2 N–H and O–H groups in total. The van der Waals surface area contributed by atoms with Crippen LogP contribution in [0.1, 0.15) is 23.3 Å². The first-order valence-corrected chi connectivity index (χ1v) is 8.21. The number of hydrogen-bond acceptors (Lipinski definition) is 4. The van der Waals surface area contributed by atoms with Crippen LogP contribution in [0.25, 0.3) is 11.0 Å². The van der Waals surface area contributed by atoms with Gasteiger partial charge in [0, 0.05) is 19.5 Å². The SMILES string of the molecule is CCNC(=O)Cn1c(CCNC(=O)c2ccco2)nc2ccccc21. The van der Waals surface area contributed by atoms with Gasteiger partial charge in [-0.3, -0.25) is 9.59 Å². The fourth-order valence-corrected chi connectivity index (χ4v) is 2.67. The van der Waals surface area contributed by atoms with Gasteiger partial charge in [0.15, 0.2) is 5.76 Å². The first-order chi connectivity index (χ1) is 12.2. The lowest BCUT2D eigenvalue weighted by atomic mass is 10.3. The van der Waals surface area contributed by atoms with Crippen molar-refractivity contribution in [2.24, 2.45) is 0 Å². The van der Waals surface area contributed by atoms with Crippen molar-refractivity contribution in [3.63, 3.8) is 0 Å². The highest BCUT2D eigenvalue weighted by atomic mass is 16.3. The summed E-state index contributed by atoms with van der Waals surface area (Å²) in [5.74, 6) is 0.700. The van der Waals surface area contributed by atoms with E-state index in [2.05, 4.69) is 15.6 Å². The zero-order valence-corrected chi connectivity index (χ0v) is 14.0. The Morgan fingerprint density at radius 2 is 2.00 bits per heavy atom. The minimum Gasteiger partial charge on any atom is -0.459 e. The van der Waals surface area contributed by atoms with Gasteiger partial charge in [-0.25, -0.2) is 4.98 Å². The lowest BCUT2D eigenvalue weighted by Gasteiger charge is -2.09. The van der Waals surface area contributed by atoms with E-state index in [4.69, 9.17) is 4.42 Å². The van der Waals surface area contributed by atoms with Gasteiger partial charge in [-0.05, 0) is 31.2 Å². The van der Waals surface area contributed by atoms with E-state index in [9.17, 15) is 9.59 Å². The highest BCUT2D eigenvalue weighted by molar-refractivity contribution is 5.91. The molecule has 25 heavy (non-hydrogen) atoms. The molecule has 3 aromatic rings. The van der Waals surface area contributed by atoms with Crippen molar-refractivity contribution < 1.29 is 14.0 Å². The molecule has 1 aromatic carbocycles. The van der Waals surface area contributed by atoms with Crippen LogP contribution in [0, 0.1) is 0 Å². The van der Waals surface area contributed by atoms with Crippen molar-refractivity contribution in [2.45, 2.75) is 19.9 Å². The Morgan fingerprint density at radius 1 is 1.16 bits per heavy atom. The Morgan fingerprint density at radius 3 is 2.76 bits per heavy atom. The van der Waals surface area contributed by atoms with Crippen LogP contribution in [-0.2, 0) is 17.8 Å². The number of aromatic nitrogens is 2. The number of amides is 2. The zero-order valence-electron chi connectivity index (χ0n) is 14.0. The number of nitrogens with zero attached hydrogens (tertiary/aromatic N) is 2. The van der Waals surface area contributed by atoms with Crippen molar-refractivity contribution in [2.75, 3.05) is 13.1 Å². The van der Waals surface area contributed by atoms with Crippen molar-refractivity contribution in [3.05, 3.63) is 54.2 Å². The van der Waals surface area contributed by atoms with Crippen LogP contribution in [-0.4, -0.2) is 34.5 Å². The van der Waals surface area contributed by atoms with Gasteiger partial charge >= 0.3 is 0 Å². The minimum absolute atomic E-state index is 0.0634. The predicted molar refractivity (Wildman–Crippen MR) is 93.2 cm³/mol. The second kappa shape index (κ2) is 7.65. The monoisotopic (exact) mass is 340 g/mol. The fourth-order valence-electron chi connectivity index (χ4n) is 2.67. The molecule has 2 aromatic heterocycles. The van der Waals surface area contributed by atoms with E-state index in [0.29, 0.717) is 19.5 Å². The van der Waals surface area contributed by atoms with Gasteiger partial charge in [-0.2, -0.15) is 0 Å². The van der Waals surface area contributed by atoms with Crippen LogP contribution in [0.4, 0.5) is 0 Å². The Labute approximate surface area is 145 Å². The average molecular weight is 340 g/mol. The number of fused-ring (bicyclic) bond motifs is 1. The van der Waals surface area contributed by atoms with E-state index >= 15 is 0 Å². The summed E-state index contributed by atoms with van der Waals surface area (Å²) >= 11 is 0. The van der Waals surface area contributed by atoms with Crippen LogP contribution in [0.3, 0.4) is 0 Å². The summed E-state index contributed by atoms with van der Waals surface area (Å²) in [7, 11) is 0. The molecular weight excluding hydrogens is 320 g/mol. The maximum atomic E-state index is 12.0. The number of para-hydroxylation sites is 2. The van der Waals surface area contributed by atoms with E-state index in [1.807, 2.05) is 35.8 Å². The van der Waals surface area contributed by atoms with Gasteiger partial charge in [0.2, 0.25) is 5.91 Å². The van der Waals surface area contributed by atoms with E-state index in [0.717, 1.165) is 16.9 Å². The van der Waals surface area contributed by atoms with Crippen LogP contribution in [0.15, 0.2) is 47.1 Å². The molecule has 0 bridgehead atoms. The first-order valence-electron chi connectivity index (χ1n) is 8.21. The highest BCUT2D eigenvalue weighted by Gasteiger charge is 2.14. The number of nitrogens with one attached hydrogen (secondary N) is 2. The summed E-state index contributed by atoms with van der Waals surface area (Å²) in [6, 6.07) is 11.0. The summed E-state index contributed by atoms with van der Waals surface area (Å²) in [6.45, 7) is 3.07. The molecule has 7 heteroatoms. The van der Waals surface area contributed by atoms with Gasteiger partial charge in [-0.15, -0.1) is 0 Å². The Bertz CT molecular complexity index is 868. The summed E-state index contributed by atoms with van der Waals surface area (Å²) in [5.41, 5.74) is 1.74. The maximum Gasteiger partial charge on any atom is 0.286 e. The van der Waals surface area contributed by atoms with E-state index in [-0.39, 0.29) is 24.1 Å². The number of furan rings is 1. The number of benzene rings is 1. The molecule has 0 spiro atoms. The molecule has 130 valence electrons. The van der Waals surface area contributed by atoms with Crippen LogP contribution < -0.4 is 10.6 Å². The molecule has 0 radical (unpaired) electrons. The lowest BCUT2D eigenvalue weighted by molar-refractivity contribution is -0.121. The van der Waals surface area contributed by atoms with Gasteiger partial charge in [0.1, 0.15) is 12.4 Å². The van der Waals surface area contributed by atoms with Gasteiger partial charge in [0.25, 0.3) is 5.91 Å². The second-order valence-corrected chi connectivity index (χ2v) is 5.54. The van der Waals surface area contributed by atoms with Crippen molar-refractivity contribution in [1.29, 1.82) is 0 Å². The molecule has 0 fully saturated rings. The van der Waals surface area contributed by atoms with Crippen molar-refractivity contribution in [3.8, 4) is 0 Å². The van der Waals surface area contributed by atoms with E-state index in [1.54, 1.807) is 12.1 Å². The third-order valence-electron chi connectivity index (χ3n) is 3.79. The Balaban J connectivity index is 1.73. The number of imidazole rings is 1. The highest BCUT2D eigenvalue weighted by Crippen LogP contribution is 2.16. The average Bonchev–Trinajstić information content (AvgIpc) is 3.24. The topological polar surface area (TPSA) is 89.2 Å². The summed E-state index contributed by atoms with van der Waals surface area (Å²) in [5, 5.41) is 5.60. The quantitative estimate of drug-likeness (QED) is 0.685. The molecule has 2 amide bonds. The van der Waals surface area contributed by atoms with E-state index in [1.165, 1.54) is 6.26 Å². The van der Waals surface area contributed by atoms with Gasteiger partial charge in [0.05, 0.1) is 17.3 Å². The molecule has 0 atom stereocenters. The number of carbonyl (C=O) groups is 2. The summed E-state index contributed by atoms with van der Waals surface area (Å²) < 4.78 is 6.95. The van der Waals surface area contributed by atoms with Crippen LogP contribution in [0.5, 0.6) is 0 Å². The molecule has 0 saturated heterocycles. The Hall–Kier alpha value is -3.09. The number of carbonyl (C=O) groups excluding carboxylic acids is 2. The zero-order chi connectivity index (χ0) is 17.6. The maximum absolute atomic E-state index is 12.0. The molecule has 0 aliphatic rings. The lowest BCUT2D eigenvalue weighted by Crippen LogP contribution is -2.29. The fraction of sp³-hybridized carbons (Fsp3) is 0.278. The molecular formula is C18H20N4O3. The van der Waals surface area contributed by atoms with Crippen molar-refractivity contribution >= 4 is 22.8 Å². The number of likely N-dealkylation sites (N-methyl/N-ethyl adjacent to an activating group) is 1. The Kier molecular flexibility index (Phi) is 5.13. The third-order valence-corrected chi connectivity index (χ3v) is 3.79. The normalized spacial score (nSPS) is 10.8. The predicted octanol–water partition coefficient (Wildman–Crippen LogP) is 1.74. The third kappa shape index (κ3) is 3.88. The number of rotatable bonds is 7. The second-order valence-electron chi connectivity index (χ2n) is 5.54. The number of hydrogen-bond donors (Lipinski definition) is 2. The minimum atomic E-state index is -0.267. The van der Waals surface area contributed by atoms with Gasteiger partial charge < -0.3 is 19.6 Å².